The van der Waals surface area contributed by atoms with Crippen LogP contribution in [0.3, 0.4) is 0 Å². The minimum absolute atomic E-state index is 0.500. The van der Waals surface area contributed by atoms with E-state index >= 15 is 0 Å². The molecule has 1 N–H and O–H groups in total. The number of carbonyl (C=O) groups is 1. The lowest BCUT2D eigenvalue weighted by atomic mass is 10.0. The Balaban J connectivity index is 2.22. The molecule has 0 aliphatic carbocycles. The molecule has 0 fully saturated rings. The summed E-state index contributed by atoms with van der Waals surface area (Å²) in [4.78, 5) is 11.2. The third-order valence-electron chi connectivity index (χ3n) is 2.69. The van der Waals surface area contributed by atoms with Crippen LogP contribution in [0.1, 0.15) is 11.5 Å². The summed E-state index contributed by atoms with van der Waals surface area (Å²) in [6.45, 7) is 0. The number of carboxylic acid groups (broad SMARTS) is 1. The fourth-order valence-corrected chi connectivity index (χ4v) is 2.60. The van der Waals surface area contributed by atoms with Crippen LogP contribution in [0.5, 0.6) is 11.5 Å². The van der Waals surface area contributed by atoms with Crippen LogP contribution in [0.15, 0.2) is 54.6 Å². The van der Waals surface area contributed by atoms with E-state index in [1.807, 2.05) is 48.5 Å². The Morgan fingerprint density at radius 1 is 1.11 bits per heavy atom. The molecule has 0 spiro atoms. The molecule has 0 aliphatic heterocycles. The highest BCUT2D eigenvalue weighted by atomic mass is 127. The molecule has 19 heavy (non-hydrogen) atoms. The van der Waals surface area contributed by atoms with Gasteiger partial charge in [-0.1, -0.05) is 52.9 Å². The third kappa shape index (κ3) is 3.70. The van der Waals surface area contributed by atoms with E-state index in [9.17, 15) is 4.79 Å². The van der Waals surface area contributed by atoms with Crippen molar-refractivity contribution >= 4 is 28.6 Å². The molecule has 4 heteroatoms. The number of ether oxygens (including phenoxy) is 1. The Labute approximate surface area is 125 Å². The lowest BCUT2D eigenvalue weighted by Crippen LogP contribution is -2.12. The summed E-state index contributed by atoms with van der Waals surface area (Å²) in [6, 6.07) is 16.7. The molecule has 0 aliphatic rings. The molecule has 0 heterocycles. The highest BCUT2D eigenvalue weighted by Crippen LogP contribution is 2.26. The van der Waals surface area contributed by atoms with Crippen LogP contribution in [-0.2, 0) is 4.79 Å². The summed E-state index contributed by atoms with van der Waals surface area (Å²) >= 11 is 2.08. The van der Waals surface area contributed by atoms with E-state index in [0.29, 0.717) is 10.2 Å². The van der Waals surface area contributed by atoms with E-state index in [-0.39, 0.29) is 0 Å². The predicted octanol–water partition coefficient (Wildman–Crippen LogP) is 4.08. The fourth-order valence-electron chi connectivity index (χ4n) is 1.72. The first kappa shape index (κ1) is 13.9. The van der Waals surface area contributed by atoms with E-state index in [1.54, 1.807) is 6.07 Å². The smallest absolute Gasteiger partial charge is 0.311 e. The van der Waals surface area contributed by atoms with Gasteiger partial charge in [0.25, 0.3) is 0 Å². The SMILES string of the molecule is O=C(O)C(CI)c1cccc(Oc2ccccc2)c1. The van der Waals surface area contributed by atoms with E-state index in [0.717, 1.165) is 11.3 Å². The predicted molar refractivity (Wildman–Crippen MR) is 82.2 cm³/mol. The monoisotopic (exact) mass is 368 g/mol. The number of aliphatic carboxylic acids is 1. The first-order chi connectivity index (χ1) is 9.20. The van der Waals surface area contributed by atoms with Crippen molar-refractivity contribution in [2.75, 3.05) is 4.43 Å². The minimum Gasteiger partial charge on any atom is -0.481 e. The molecule has 2 aromatic carbocycles. The Kier molecular flexibility index (Phi) is 4.79. The summed E-state index contributed by atoms with van der Waals surface area (Å²) < 4.78 is 6.23. The zero-order valence-electron chi connectivity index (χ0n) is 10.1. The van der Waals surface area contributed by atoms with Crippen LogP contribution in [-0.4, -0.2) is 15.5 Å². The van der Waals surface area contributed by atoms with Crippen LogP contribution in [0.2, 0.25) is 0 Å². The standard InChI is InChI=1S/C15H13IO3/c16-10-14(15(17)18)11-5-4-8-13(9-11)19-12-6-2-1-3-7-12/h1-9,14H,10H2,(H,17,18). The average Bonchev–Trinajstić information content (AvgIpc) is 2.41. The van der Waals surface area contributed by atoms with Gasteiger partial charge in [-0.2, -0.15) is 0 Å². The summed E-state index contributed by atoms with van der Waals surface area (Å²) in [5, 5.41) is 9.16. The van der Waals surface area contributed by atoms with Gasteiger partial charge < -0.3 is 9.84 Å². The Morgan fingerprint density at radius 3 is 2.42 bits per heavy atom. The second-order valence-electron chi connectivity index (χ2n) is 4.03. The zero-order valence-corrected chi connectivity index (χ0v) is 12.3. The molecule has 3 nitrogen and oxygen atoms in total. The maximum absolute atomic E-state index is 11.2. The molecule has 1 unspecified atom stereocenters. The van der Waals surface area contributed by atoms with Gasteiger partial charge in [0, 0.05) is 4.43 Å². The van der Waals surface area contributed by atoms with Gasteiger partial charge in [-0.15, -0.1) is 0 Å². The first-order valence-corrected chi connectivity index (χ1v) is 7.35. The molecule has 2 aromatic rings. The highest BCUT2D eigenvalue weighted by molar-refractivity contribution is 14.1. The topological polar surface area (TPSA) is 46.5 Å². The quantitative estimate of drug-likeness (QED) is 0.639. The van der Waals surface area contributed by atoms with Gasteiger partial charge in [-0.3, -0.25) is 4.79 Å². The summed E-state index contributed by atoms with van der Waals surface area (Å²) in [5.41, 5.74) is 0.760. The Bertz CT molecular complexity index is 554. The molecular weight excluding hydrogens is 355 g/mol. The molecule has 0 saturated carbocycles. The van der Waals surface area contributed by atoms with E-state index in [2.05, 4.69) is 22.6 Å². The molecule has 2 rings (SSSR count). The molecule has 98 valence electrons. The fraction of sp³-hybridized carbons (Fsp3) is 0.133. The number of benzene rings is 2. The molecule has 0 aromatic heterocycles. The normalized spacial score (nSPS) is 11.8. The lowest BCUT2D eigenvalue weighted by Gasteiger charge is -2.11. The number of alkyl halides is 1. The van der Waals surface area contributed by atoms with Crippen LogP contribution in [0.25, 0.3) is 0 Å². The number of hydrogen-bond donors (Lipinski definition) is 1. The number of hydrogen-bond acceptors (Lipinski definition) is 2. The molecule has 0 saturated heterocycles. The van der Waals surface area contributed by atoms with E-state index in [1.165, 1.54) is 0 Å². The highest BCUT2D eigenvalue weighted by Gasteiger charge is 2.18. The summed E-state index contributed by atoms with van der Waals surface area (Å²) in [5.74, 6) is 0.0759. The summed E-state index contributed by atoms with van der Waals surface area (Å²) in [6.07, 6.45) is 0. The van der Waals surface area contributed by atoms with Gasteiger partial charge in [0.15, 0.2) is 0 Å². The lowest BCUT2D eigenvalue weighted by molar-refractivity contribution is -0.138. The first-order valence-electron chi connectivity index (χ1n) is 5.82. The van der Waals surface area contributed by atoms with Crippen LogP contribution >= 0.6 is 22.6 Å². The maximum atomic E-state index is 11.2. The van der Waals surface area contributed by atoms with Crippen molar-refractivity contribution in [2.24, 2.45) is 0 Å². The van der Waals surface area contributed by atoms with Gasteiger partial charge in [0.1, 0.15) is 11.5 Å². The molecule has 0 radical (unpaired) electrons. The van der Waals surface area contributed by atoms with Crippen molar-refractivity contribution < 1.29 is 14.6 Å². The summed E-state index contributed by atoms with van der Waals surface area (Å²) in [7, 11) is 0. The van der Waals surface area contributed by atoms with Crippen LogP contribution < -0.4 is 4.74 Å². The van der Waals surface area contributed by atoms with E-state index in [4.69, 9.17) is 9.84 Å². The second kappa shape index (κ2) is 6.56. The number of halogens is 1. The number of rotatable bonds is 5. The van der Waals surface area contributed by atoms with E-state index < -0.39 is 11.9 Å². The molecule has 0 amide bonds. The van der Waals surface area contributed by atoms with Crippen molar-refractivity contribution in [2.45, 2.75) is 5.92 Å². The molecular formula is C15H13IO3. The van der Waals surface area contributed by atoms with Crippen molar-refractivity contribution in [1.82, 2.24) is 0 Å². The zero-order chi connectivity index (χ0) is 13.7. The third-order valence-corrected chi connectivity index (χ3v) is 3.57. The molecule has 0 bridgehead atoms. The second-order valence-corrected chi connectivity index (χ2v) is 4.91. The van der Waals surface area contributed by atoms with Gasteiger partial charge in [0.05, 0.1) is 5.92 Å². The number of para-hydroxylation sites is 1. The maximum Gasteiger partial charge on any atom is 0.311 e. The Morgan fingerprint density at radius 2 is 1.79 bits per heavy atom. The van der Waals surface area contributed by atoms with Crippen LogP contribution in [0, 0.1) is 0 Å². The van der Waals surface area contributed by atoms with Crippen molar-refractivity contribution in [3.8, 4) is 11.5 Å². The number of carboxylic acids is 1. The van der Waals surface area contributed by atoms with Gasteiger partial charge in [-0.05, 0) is 29.8 Å². The van der Waals surface area contributed by atoms with Crippen LogP contribution in [0.4, 0.5) is 0 Å². The van der Waals surface area contributed by atoms with Gasteiger partial charge in [-0.25, -0.2) is 0 Å². The van der Waals surface area contributed by atoms with Crippen molar-refractivity contribution in [1.29, 1.82) is 0 Å². The van der Waals surface area contributed by atoms with Crippen molar-refractivity contribution in [3.63, 3.8) is 0 Å². The Hall–Kier alpha value is -1.56. The van der Waals surface area contributed by atoms with Crippen molar-refractivity contribution in [3.05, 3.63) is 60.2 Å². The average molecular weight is 368 g/mol. The van der Waals surface area contributed by atoms with Gasteiger partial charge >= 0.3 is 5.97 Å². The molecule has 1 atom stereocenters. The minimum atomic E-state index is -0.814. The largest absolute Gasteiger partial charge is 0.481 e. The van der Waals surface area contributed by atoms with Gasteiger partial charge in [0.2, 0.25) is 0 Å².